The summed E-state index contributed by atoms with van der Waals surface area (Å²) in [5.41, 5.74) is 5.81. The Balaban J connectivity index is 1.42. The number of carbonyl (C=O) groups excluding carboxylic acids is 1. The van der Waals surface area contributed by atoms with E-state index in [-0.39, 0.29) is 5.91 Å². The number of carbonyl (C=O) groups is 1. The first-order valence-corrected chi connectivity index (χ1v) is 9.20. The van der Waals surface area contributed by atoms with Crippen molar-refractivity contribution in [3.05, 3.63) is 65.9 Å². The van der Waals surface area contributed by atoms with Crippen molar-refractivity contribution >= 4 is 22.6 Å². The van der Waals surface area contributed by atoms with Gasteiger partial charge in [0.1, 0.15) is 12.1 Å². The summed E-state index contributed by atoms with van der Waals surface area (Å²) in [7, 11) is 1.92. The average Bonchev–Trinajstić information content (AvgIpc) is 3.22. The minimum atomic E-state index is -0.0368. The zero-order valence-electron chi connectivity index (χ0n) is 16.2. The Morgan fingerprint density at radius 2 is 1.93 bits per heavy atom. The summed E-state index contributed by atoms with van der Waals surface area (Å²) in [5.74, 6) is 0.721. The number of benzene rings is 1. The Labute approximate surface area is 163 Å². The van der Waals surface area contributed by atoms with Gasteiger partial charge in [-0.3, -0.25) is 14.0 Å². The number of aryl methyl sites for hydroxylation is 2. The molecule has 0 unspecified atom stereocenters. The minimum Gasteiger partial charge on any atom is -0.325 e. The van der Waals surface area contributed by atoms with E-state index in [4.69, 9.17) is 0 Å². The van der Waals surface area contributed by atoms with Crippen molar-refractivity contribution in [1.82, 2.24) is 24.3 Å². The molecule has 0 spiro atoms. The van der Waals surface area contributed by atoms with Gasteiger partial charge in [0.15, 0.2) is 0 Å². The van der Waals surface area contributed by atoms with Gasteiger partial charge in [0.05, 0.1) is 28.6 Å². The Morgan fingerprint density at radius 3 is 2.64 bits per heavy atom. The average molecular weight is 374 g/mol. The molecule has 0 aliphatic carbocycles. The zero-order valence-corrected chi connectivity index (χ0v) is 16.2. The number of anilines is 1. The number of nitrogens with zero attached hydrogens (tertiary/aromatic N) is 5. The minimum absolute atomic E-state index is 0.0368. The third-order valence-electron chi connectivity index (χ3n) is 4.99. The molecule has 0 atom stereocenters. The second-order valence-corrected chi connectivity index (χ2v) is 6.83. The molecule has 1 N–H and O–H groups in total. The summed E-state index contributed by atoms with van der Waals surface area (Å²) in [6.07, 6.45) is 4.50. The van der Waals surface area contributed by atoms with Gasteiger partial charge in [0.2, 0.25) is 5.91 Å². The summed E-state index contributed by atoms with van der Waals surface area (Å²) < 4.78 is 3.78. The van der Waals surface area contributed by atoms with E-state index in [1.165, 1.54) is 0 Å². The summed E-state index contributed by atoms with van der Waals surface area (Å²) in [6.45, 7) is 4.00. The molecule has 0 aliphatic rings. The van der Waals surface area contributed by atoms with E-state index in [9.17, 15) is 4.79 Å². The van der Waals surface area contributed by atoms with Crippen molar-refractivity contribution in [3.63, 3.8) is 0 Å². The highest BCUT2D eigenvalue weighted by Crippen LogP contribution is 2.18. The van der Waals surface area contributed by atoms with Crippen LogP contribution < -0.4 is 5.32 Å². The maximum absolute atomic E-state index is 12.3. The second-order valence-electron chi connectivity index (χ2n) is 6.83. The van der Waals surface area contributed by atoms with Gasteiger partial charge >= 0.3 is 0 Å². The van der Waals surface area contributed by atoms with Crippen LogP contribution in [0.3, 0.4) is 0 Å². The largest absolute Gasteiger partial charge is 0.325 e. The zero-order chi connectivity index (χ0) is 19.7. The van der Waals surface area contributed by atoms with Crippen LogP contribution in [-0.2, 0) is 18.3 Å². The Bertz CT molecular complexity index is 1140. The molecule has 0 bridgehead atoms. The van der Waals surface area contributed by atoms with Crippen LogP contribution in [0.25, 0.3) is 16.9 Å². The molecular weight excluding hydrogens is 352 g/mol. The highest BCUT2D eigenvalue weighted by Gasteiger charge is 2.12. The van der Waals surface area contributed by atoms with Crippen molar-refractivity contribution in [2.75, 3.05) is 5.32 Å². The molecule has 3 heterocycles. The van der Waals surface area contributed by atoms with Crippen molar-refractivity contribution in [2.24, 2.45) is 7.05 Å². The fourth-order valence-corrected chi connectivity index (χ4v) is 3.39. The molecule has 0 fully saturated rings. The van der Waals surface area contributed by atoms with E-state index in [0.717, 1.165) is 33.8 Å². The molecule has 4 rings (SSSR count). The van der Waals surface area contributed by atoms with Crippen molar-refractivity contribution in [1.29, 1.82) is 0 Å². The van der Waals surface area contributed by atoms with Gasteiger partial charge in [-0.25, -0.2) is 9.97 Å². The van der Waals surface area contributed by atoms with Gasteiger partial charge in [0.25, 0.3) is 0 Å². The highest BCUT2D eigenvalue weighted by atomic mass is 16.1. The third-order valence-corrected chi connectivity index (χ3v) is 4.99. The number of amides is 1. The van der Waals surface area contributed by atoms with Crippen LogP contribution in [-0.4, -0.2) is 30.2 Å². The molecule has 3 aromatic heterocycles. The predicted octanol–water partition coefficient (Wildman–Crippen LogP) is 3.34. The molecule has 1 amide bonds. The van der Waals surface area contributed by atoms with E-state index < -0.39 is 0 Å². The first-order chi connectivity index (χ1) is 13.5. The number of hydrogen-bond donors (Lipinski definition) is 1. The number of hydrogen-bond acceptors (Lipinski definition) is 4. The van der Waals surface area contributed by atoms with Crippen molar-refractivity contribution in [2.45, 2.75) is 26.7 Å². The Morgan fingerprint density at radius 1 is 1.11 bits per heavy atom. The van der Waals surface area contributed by atoms with Crippen LogP contribution in [0, 0.1) is 13.8 Å². The molecular formula is C21H22N6O. The molecule has 7 nitrogen and oxygen atoms in total. The molecule has 4 aromatic rings. The van der Waals surface area contributed by atoms with Crippen LogP contribution in [0.2, 0.25) is 0 Å². The first kappa shape index (κ1) is 17.9. The highest BCUT2D eigenvalue weighted by molar-refractivity contribution is 5.90. The van der Waals surface area contributed by atoms with Gasteiger partial charge in [0, 0.05) is 19.2 Å². The maximum atomic E-state index is 12.3. The first-order valence-electron chi connectivity index (χ1n) is 9.20. The van der Waals surface area contributed by atoms with Crippen LogP contribution >= 0.6 is 0 Å². The molecule has 0 aliphatic heterocycles. The third kappa shape index (κ3) is 3.38. The van der Waals surface area contributed by atoms with E-state index in [2.05, 4.69) is 20.4 Å². The lowest BCUT2D eigenvalue weighted by Gasteiger charge is -2.07. The predicted molar refractivity (Wildman–Crippen MR) is 108 cm³/mol. The lowest BCUT2D eigenvalue weighted by atomic mass is 10.1. The summed E-state index contributed by atoms with van der Waals surface area (Å²) >= 11 is 0. The summed E-state index contributed by atoms with van der Waals surface area (Å²) in [4.78, 5) is 21.2. The molecule has 7 heteroatoms. The van der Waals surface area contributed by atoms with Gasteiger partial charge in [-0.1, -0.05) is 12.1 Å². The van der Waals surface area contributed by atoms with Crippen LogP contribution in [0.1, 0.15) is 23.4 Å². The number of fused-ring (bicyclic) bond motifs is 1. The number of rotatable bonds is 5. The van der Waals surface area contributed by atoms with Crippen LogP contribution in [0.5, 0.6) is 0 Å². The van der Waals surface area contributed by atoms with E-state index >= 15 is 0 Å². The monoisotopic (exact) mass is 374 g/mol. The van der Waals surface area contributed by atoms with Crippen LogP contribution in [0.4, 0.5) is 5.69 Å². The van der Waals surface area contributed by atoms with Gasteiger partial charge in [-0.2, -0.15) is 5.10 Å². The van der Waals surface area contributed by atoms with E-state index in [0.29, 0.717) is 18.5 Å². The topological polar surface area (TPSA) is 77.6 Å². The smallest absolute Gasteiger partial charge is 0.224 e. The molecule has 0 radical (unpaired) electrons. The summed E-state index contributed by atoms with van der Waals surface area (Å²) in [6, 6.07) is 11.6. The Hall–Kier alpha value is -3.48. The molecule has 0 saturated carbocycles. The van der Waals surface area contributed by atoms with Crippen molar-refractivity contribution in [3.8, 4) is 5.82 Å². The lowest BCUT2D eigenvalue weighted by Crippen LogP contribution is -2.13. The normalized spacial score (nSPS) is 11.1. The van der Waals surface area contributed by atoms with E-state index in [1.54, 1.807) is 12.5 Å². The molecule has 0 saturated heterocycles. The number of aromatic nitrogens is 5. The lowest BCUT2D eigenvalue weighted by molar-refractivity contribution is -0.116. The van der Waals surface area contributed by atoms with Crippen LogP contribution in [0.15, 0.2) is 48.9 Å². The molecule has 28 heavy (non-hydrogen) atoms. The number of para-hydroxylation sites is 2. The molecule has 1 aromatic carbocycles. The fourth-order valence-electron chi connectivity index (χ4n) is 3.39. The summed E-state index contributed by atoms with van der Waals surface area (Å²) in [5, 5.41) is 7.31. The van der Waals surface area contributed by atoms with E-state index in [1.807, 2.05) is 66.5 Å². The fraction of sp³-hybridized carbons (Fsp3) is 0.238. The number of nitrogens with one attached hydrogen (secondary N) is 1. The van der Waals surface area contributed by atoms with Crippen molar-refractivity contribution < 1.29 is 4.79 Å². The maximum Gasteiger partial charge on any atom is 0.224 e. The standard InChI is InChI=1S/C21H22N6O/c1-14-17(15(2)26(3)25-14)9-11-21(28)24-16-8-10-20(22-12-16)27-13-23-18-6-4-5-7-19(18)27/h4-8,10,12-13H,9,11H2,1-3H3,(H,24,28). The second kappa shape index (κ2) is 7.26. The molecule has 142 valence electrons. The number of imidazole rings is 1. The van der Waals surface area contributed by atoms with Gasteiger partial charge < -0.3 is 5.32 Å². The SMILES string of the molecule is Cc1nn(C)c(C)c1CCC(=O)Nc1ccc(-n2cnc3ccccc32)nc1. The quantitative estimate of drug-likeness (QED) is 0.581. The Kier molecular flexibility index (Phi) is 4.65. The van der Waals surface area contributed by atoms with Gasteiger partial charge in [-0.15, -0.1) is 0 Å². The van der Waals surface area contributed by atoms with Gasteiger partial charge in [-0.05, 0) is 50.1 Å². The number of pyridine rings is 1.